The van der Waals surface area contributed by atoms with E-state index in [2.05, 4.69) is 15.3 Å². The molecule has 1 N–H and O–H groups in total. The predicted octanol–water partition coefficient (Wildman–Crippen LogP) is 1.52. The van der Waals surface area contributed by atoms with Gasteiger partial charge in [-0.3, -0.25) is 19.6 Å². The molecule has 2 aromatic rings. The fourth-order valence-electron chi connectivity index (χ4n) is 2.90. The van der Waals surface area contributed by atoms with Crippen LogP contribution in [0.2, 0.25) is 0 Å². The minimum Gasteiger partial charge on any atom is -0.497 e. The average molecular weight is 340 g/mol. The number of carbonyl (C=O) groups excluding carboxylic acids is 2. The zero-order chi connectivity index (χ0) is 17.9. The lowest BCUT2D eigenvalue weighted by Crippen LogP contribution is -2.48. The van der Waals surface area contributed by atoms with Gasteiger partial charge in [-0.05, 0) is 31.5 Å². The summed E-state index contributed by atoms with van der Waals surface area (Å²) in [6.07, 6.45) is 5.39. The second-order valence-electron chi connectivity index (χ2n) is 6.31. The summed E-state index contributed by atoms with van der Waals surface area (Å²) in [7, 11) is 1.55. The minimum absolute atomic E-state index is 0.166. The van der Waals surface area contributed by atoms with E-state index in [1.54, 1.807) is 54.9 Å². The third-order valence-electron chi connectivity index (χ3n) is 4.30. The van der Waals surface area contributed by atoms with E-state index in [1.165, 1.54) is 0 Å². The van der Waals surface area contributed by atoms with E-state index in [9.17, 15) is 9.59 Å². The Bertz CT molecular complexity index is 781. The summed E-state index contributed by atoms with van der Waals surface area (Å²) >= 11 is 0. The molecule has 1 aliphatic heterocycles. The maximum Gasteiger partial charge on any atom is 0.272 e. The van der Waals surface area contributed by atoms with Gasteiger partial charge < -0.3 is 15.0 Å². The molecule has 0 aliphatic carbocycles. The van der Waals surface area contributed by atoms with Crippen molar-refractivity contribution in [2.24, 2.45) is 0 Å². The summed E-state index contributed by atoms with van der Waals surface area (Å²) in [6.45, 7) is 2.94. The number of carbonyl (C=O) groups is 2. The minimum atomic E-state index is -0.477. The summed E-state index contributed by atoms with van der Waals surface area (Å²) in [5.74, 6) is 0.255. The van der Waals surface area contributed by atoms with Gasteiger partial charge in [0.25, 0.3) is 11.8 Å². The highest BCUT2D eigenvalue weighted by molar-refractivity contribution is 5.95. The van der Waals surface area contributed by atoms with Crippen LogP contribution in [0.4, 0.5) is 0 Å². The van der Waals surface area contributed by atoms with Gasteiger partial charge in [0.1, 0.15) is 11.4 Å². The Balaban J connectivity index is 1.67. The topological polar surface area (TPSA) is 84.4 Å². The van der Waals surface area contributed by atoms with Crippen LogP contribution >= 0.6 is 0 Å². The first-order valence-corrected chi connectivity index (χ1v) is 8.03. The number of rotatable bonds is 4. The van der Waals surface area contributed by atoms with Crippen LogP contribution in [-0.4, -0.2) is 52.4 Å². The fraction of sp³-hybridized carbons (Fsp3) is 0.333. The molecule has 1 aliphatic rings. The first-order chi connectivity index (χ1) is 12.0. The van der Waals surface area contributed by atoms with Crippen molar-refractivity contribution in [3.8, 4) is 5.75 Å². The molecule has 3 rings (SSSR count). The standard InChI is InChI=1S/C18H20N4O3/c1-18(21-16(23)13-3-7-19-8-4-13)6-10-22(12-18)17(24)15-11-14(25-2)5-9-20-15/h3-5,7-9,11H,6,10,12H2,1-2H3,(H,21,23). The lowest BCUT2D eigenvalue weighted by molar-refractivity contribution is 0.0763. The summed E-state index contributed by atoms with van der Waals surface area (Å²) in [6, 6.07) is 6.64. The molecule has 25 heavy (non-hydrogen) atoms. The number of pyridine rings is 2. The molecule has 1 atom stereocenters. The Morgan fingerprint density at radius 2 is 2.00 bits per heavy atom. The highest BCUT2D eigenvalue weighted by Gasteiger charge is 2.38. The molecule has 130 valence electrons. The number of hydrogen-bond acceptors (Lipinski definition) is 5. The third-order valence-corrected chi connectivity index (χ3v) is 4.30. The van der Waals surface area contributed by atoms with Gasteiger partial charge >= 0.3 is 0 Å². The number of likely N-dealkylation sites (tertiary alicyclic amines) is 1. The van der Waals surface area contributed by atoms with Crippen molar-refractivity contribution in [1.82, 2.24) is 20.2 Å². The van der Waals surface area contributed by atoms with Gasteiger partial charge in [-0.2, -0.15) is 0 Å². The van der Waals surface area contributed by atoms with E-state index in [-0.39, 0.29) is 11.8 Å². The quantitative estimate of drug-likeness (QED) is 0.912. The van der Waals surface area contributed by atoms with Crippen molar-refractivity contribution < 1.29 is 14.3 Å². The molecule has 2 aromatic heterocycles. The van der Waals surface area contributed by atoms with Crippen molar-refractivity contribution in [1.29, 1.82) is 0 Å². The maximum atomic E-state index is 12.6. The van der Waals surface area contributed by atoms with Gasteiger partial charge in [0.15, 0.2) is 0 Å². The molecule has 0 radical (unpaired) electrons. The van der Waals surface area contributed by atoms with Crippen LogP contribution in [0, 0.1) is 0 Å². The number of ether oxygens (including phenoxy) is 1. The highest BCUT2D eigenvalue weighted by atomic mass is 16.5. The zero-order valence-corrected chi connectivity index (χ0v) is 14.2. The average Bonchev–Trinajstić information content (AvgIpc) is 3.03. The first-order valence-electron chi connectivity index (χ1n) is 8.03. The summed E-state index contributed by atoms with van der Waals surface area (Å²) in [4.78, 5) is 34.7. The Hall–Kier alpha value is -2.96. The van der Waals surface area contributed by atoms with Gasteiger partial charge in [0.05, 0.1) is 12.6 Å². The summed E-state index contributed by atoms with van der Waals surface area (Å²) < 4.78 is 5.14. The van der Waals surface area contributed by atoms with Crippen molar-refractivity contribution >= 4 is 11.8 Å². The third kappa shape index (κ3) is 3.76. The Morgan fingerprint density at radius 3 is 2.72 bits per heavy atom. The maximum absolute atomic E-state index is 12.6. The van der Waals surface area contributed by atoms with Crippen molar-refractivity contribution in [2.75, 3.05) is 20.2 Å². The van der Waals surface area contributed by atoms with Crippen LogP contribution in [-0.2, 0) is 0 Å². The number of hydrogen-bond donors (Lipinski definition) is 1. The Morgan fingerprint density at radius 1 is 1.24 bits per heavy atom. The lowest BCUT2D eigenvalue weighted by atomic mass is 10.0. The van der Waals surface area contributed by atoms with Crippen molar-refractivity contribution in [2.45, 2.75) is 18.9 Å². The van der Waals surface area contributed by atoms with Gasteiger partial charge in [-0.1, -0.05) is 0 Å². The Labute approximate surface area is 146 Å². The molecule has 0 saturated carbocycles. The summed E-state index contributed by atoms with van der Waals surface area (Å²) in [5.41, 5.74) is 0.411. The lowest BCUT2D eigenvalue weighted by Gasteiger charge is -2.26. The molecule has 0 spiro atoms. The molecule has 0 aromatic carbocycles. The summed E-state index contributed by atoms with van der Waals surface area (Å²) in [5, 5.41) is 3.02. The van der Waals surface area contributed by atoms with Crippen LogP contribution in [0.3, 0.4) is 0 Å². The number of amides is 2. The number of nitrogens with one attached hydrogen (secondary N) is 1. The molecule has 1 saturated heterocycles. The number of methoxy groups -OCH3 is 1. The van der Waals surface area contributed by atoms with Crippen LogP contribution in [0.1, 0.15) is 34.2 Å². The highest BCUT2D eigenvalue weighted by Crippen LogP contribution is 2.23. The van der Waals surface area contributed by atoms with Gasteiger partial charge in [-0.25, -0.2) is 0 Å². The second kappa shape index (κ2) is 6.88. The van der Waals surface area contributed by atoms with Crippen LogP contribution in [0.15, 0.2) is 42.9 Å². The zero-order valence-electron chi connectivity index (χ0n) is 14.2. The van der Waals surface area contributed by atoms with Crippen LogP contribution < -0.4 is 10.1 Å². The Kier molecular flexibility index (Phi) is 4.65. The molecule has 0 bridgehead atoms. The normalized spacial score (nSPS) is 19.5. The van der Waals surface area contributed by atoms with E-state index in [4.69, 9.17) is 4.74 Å². The number of aromatic nitrogens is 2. The second-order valence-corrected chi connectivity index (χ2v) is 6.31. The van der Waals surface area contributed by atoms with Gasteiger partial charge in [0, 0.05) is 43.3 Å². The molecule has 2 amide bonds. The molecule has 1 fully saturated rings. The van der Waals surface area contributed by atoms with Gasteiger partial charge in [-0.15, -0.1) is 0 Å². The smallest absolute Gasteiger partial charge is 0.272 e. The van der Waals surface area contributed by atoms with E-state index in [1.807, 2.05) is 6.92 Å². The molecule has 7 heteroatoms. The van der Waals surface area contributed by atoms with E-state index < -0.39 is 5.54 Å². The van der Waals surface area contributed by atoms with Crippen molar-refractivity contribution in [3.63, 3.8) is 0 Å². The predicted molar refractivity (Wildman–Crippen MR) is 91.4 cm³/mol. The molecular formula is C18H20N4O3. The molecule has 7 nitrogen and oxygen atoms in total. The van der Waals surface area contributed by atoms with Gasteiger partial charge in [0.2, 0.25) is 0 Å². The number of nitrogens with zero attached hydrogens (tertiary/aromatic N) is 3. The first kappa shape index (κ1) is 16.9. The van der Waals surface area contributed by atoms with E-state index in [0.717, 1.165) is 0 Å². The largest absolute Gasteiger partial charge is 0.497 e. The van der Waals surface area contributed by atoms with E-state index >= 15 is 0 Å². The van der Waals surface area contributed by atoms with E-state index in [0.29, 0.717) is 36.5 Å². The molecule has 3 heterocycles. The van der Waals surface area contributed by atoms with Crippen LogP contribution in [0.5, 0.6) is 5.75 Å². The molecular weight excluding hydrogens is 320 g/mol. The SMILES string of the molecule is COc1ccnc(C(=O)N2CCC(C)(NC(=O)c3ccncc3)C2)c1. The fourth-order valence-corrected chi connectivity index (χ4v) is 2.90. The van der Waals surface area contributed by atoms with Crippen LogP contribution in [0.25, 0.3) is 0 Å². The van der Waals surface area contributed by atoms with Crippen molar-refractivity contribution in [3.05, 3.63) is 54.1 Å². The molecule has 1 unspecified atom stereocenters. The monoisotopic (exact) mass is 340 g/mol.